The number of ether oxygens (including phenoxy) is 5. The molecule has 0 amide bonds. The number of esters is 1. The van der Waals surface area contributed by atoms with E-state index in [0.717, 1.165) is 0 Å². The summed E-state index contributed by atoms with van der Waals surface area (Å²) in [6.45, 7) is 4.57. The molecule has 7 heteroatoms. The zero-order valence-corrected chi connectivity index (χ0v) is 12.6. The second kappa shape index (κ2) is 8.45. The van der Waals surface area contributed by atoms with Crippen LogP contribution < -0.4 is 15.2 Å². The topological polar surface area (TPSA) is 89.2 Å². The Balaban J connectivity index is 2.21. The number of anilines is 1. The van der Waals surface area contributed by atoms with E-state index in [1.807, 2.05) is 0 Å². The maximum absolute atomic E-state index is 11.9. The Morgan fingerprint density at radius 3 is 2.18 bits per heavy atom. The molecule has 0 saturated heterocycles. The summed E-state index contributed by atoms with van der Waals surface area (Å²) in [5, 5.41) is 0. The Labute approximate surface area is 129 Å². The molecule has 22 heavy (non-hydrogen) atoms. The Morgan fingerprint density at radius 2 is 1.59 bits per heavy atom. The molecule has 1 heterocycles. The van der Waals surface area contributed by atoms with Crippen LogP contribution in [0, 0.1) is 0 Å². The molecule has 2 rings (SSSR count). The summed E-state index contributed by atoms with van der Waals surface area (Å²) in [6, 6.07) is 3.10. The standard InChI is InChI=1S/C15H21NO6/c1-2-20-15(17)11-9-13-14(10-12(11)16)22-8-6-19-4-3-18-5-7-21-13/h9-10H,2-8,16H2,1H3. The Bertz CT molecular complexity index is 505. The molecule has 0 saturated carbocycles. The number of nitrogens with two attached hydrogens (primary N) is 1. The smallest absolute Gasteiger partial charge is 0.340 e. The lowest BCUT2D eigenvalue weighted by atomic mass is 10.1. The summed E-state index contributed by atoms with van der Waals surface area (Å²) < 4.78 is 26.9. The van der Waals surface area contributed by atoms with Crippen LogP contribution in [0.25, 0.3) is 0 Å². The average Bonchev–Trinajstić information content (AvgIpc) is 2.49. The van der Waals surface area contributed by atoms with Crippen molar-refractivity contribution in [2.75, 3.05) is 52.0 Å². The largest absolute Gasteiger partial charge is 0.487 e. The molecule has 1 aromatic rings. The van der Waals surface area contributed by atoms with Gasteiger partial charge in [-0.05, 0) is 6.92 Å². The van der Waals surface area contributed by atoms with Crippen molar-refractivity contribution in [1.29, 1.82) is 0 Å². The van der Waals surface area contributed by atoms with Crippen molar-refractivity contribution < 1.29 is 28.5 Å². The Hall–Kier alpha value is -1.99. The highest BCUT2D eigenvalue weighted by Crippen LogP contribution is 2.33. The van der Waals surface area contributed by atoms with Crippen LogP contribution >= 0.6 is 0 Å². The third kappa shape index (κ3) is 4.51. The molecule has 0 bridgehead atoms. The molecule has 122 valence electrons. The Kier molecular flexibility index (Phi) is 6.29. The van der Waals surface area contributed by atoms with E-state index in [1.165, 1.54) is 6.07 Å². The maximum atomic E-state index is 11.9. The first-order chi connectivity index (χ1) is 10.7. The van der Waals surface area contributed by atoms with Gasteiger partial charge in [0.15, 0.2) is 11.5 Å². The molecule has 1 aromatic carbocycles. The van der Waals surface area contributed by atoms with Crippen LogP contribution in [0.15, 0.2) is 12.1 Å². The monoisotopic (exact) mass is 311 g/mol. The lowest BCUT2D eigenvalue weighted by molar-refractivity contribution is 0.0223. The van der Waals surface area contributed by atoms with Crippen molar-refractivity contribution >= 4 is 11.7 Å². The molecule has 1 aliphatic rings. The molecular formula is C15H21NO6. The number of fused-ring (bicyclic) bond motifs is 1. The third-order valence-corrected chi connectivity index (χ3v) is 2.95. The SMILES string of the molecule is CCOC(=O)c1cc2c(cc1N)OCCOCCOCCO2. The summed E-state index contributed by atoms with van der Waals surface area (Å²) in [5.41, 5.74) is 6.44. The molecule has 1 aliphatic heterocycles. The van der Waals surface area contributed by atoms with Crippen LogP contribution in [-0.2, 0) is 14.2 Å². The van der Waals surface area contributed by atoms with Crippen molar-refractivity contribution in [3.05, 3.63) is 17.7 Å². The lowest BCUT2D eigenvalue weighted by Crippen LogP contribution is -2.16. The van der Waals surface area contributed by atoms with Gasteiger partial charge in [-0.25, -0.2) is 4.79 Å². The highest BCUT2D eigenvalue weighted by molar-refractivity contribution is 5.96. The van der Waals surface area contributed by atoms with E-state index in [9.17, 15) is 4.79 Å². The number of carbonyl (C=O) groups excluding carboxylic acids is 1. The molecule has 7 nitrogen and oxygen atoms in total. The van der Waals surface area contributed by atoms with Gasteiger partial charge in [0.25, 0.3) is 0 Å². The fourth-order valence-corrected chi connectivity index (χ4v) is 1.93. The van der Waals surface area contributed by atoms with Crippen molar-refractivity contribution in [1.82, 2.24) is 0 Å². The lowest BCUT2D eigenvalue weighted by Gasteiger charge is -2.17. The average molecular weight is 311 g/mol. The minimum atomic E-state index is -0.489. The van der Waals surface area contributed by atoms with Gasteiger partial charge in [-0.2, -0.15) is 0 Å². The van der Waals surface area contributed by atoms with Gasteiger partial charge in [0.2, 0.25) is 0 Å². The summed E-state index contributed by atoms with van der Waals surface area (Å²) >= 11 is 0. The quantitative estimate of drug-likeness (QED) is 0.649. The summed E-state index contributed by atoms with van der Waals surface area (Å²) in [7, 11) is 0. The molecule has 0 atom stereocenters. The fraction of sp³-hybridized carbons (Fsp3) is 0.533. The zero-order chi connectivity index (χ0) is 15.8. The second-order valence-corrected chi connectivity index (χ2v) is 4.53. The fourth-order valence-electron chi connectivity index (χ4n) is 1.93. The minimum absolute atomic E-state index is 0.258. The van der Waals surface area contributed by atoms with E-state index in [-0.39, 0.29) is 17.9 Å². The highest BCUT2D eigenvalue weighted by Gasteiger charge is 2.17. The first-order valence-corrected chi connectivity index (χ1v) is 7.24. The number of hydrogen-bond acceptors (Lipinski definition) is 7. The molecule has 0 fully saturated rings. The third-order valence-electron chi connectivity index (χ3n) is 2.95. The summed E-state index contributed by atoms with van der Waals surface area (Å²) in [4.78, 5) is 11.9. The Morgan fingerprint density at radius 1 is 1.05 bits per heavy atom. The van der Waals surface area contributed by atoms with Crippen LogP contribution in [0.4, 0.5) is 5.69 Å². The van der Waals surface area contributed by atoms with E-state index in [4.69, 9.17) is 29.4 Å². The maximum Gasteiger partial charge on any atom is 0.340 e. The molecule has 2 N–H and O–H groups in total. The van der Waals surface area contributed by atoms with E-state index >= 15 is 0 Å². The van der Waals surface area contributed by atoms with Gasteiger partial charge in [-0.3, -0.25) is 0 Å². The molecule has 0 spiro atoms. The van der Waals surface area contributed by atoms with Crippen LogP contribution in [0.1, 0.15) is 17.3 Å². The molecule has 0 aliphatic carbocycles. The van der Waals surface area contributed by atoms with E-state index in [0.29, 0.717) is 51.1 Å². The van der Waals surface area contributed by atoms with Crippen molar-refractivity contribution in [2.24, 2.45) is 0 Å². The van der Waals surface area contributed by atoms with Crippen LogP contribution in [0.2, 0.25) is 0 Å². The summed E-state index contributed by atoms with van der Waals surface area (Å²) in [5.74, 6) is 0.410. The molecular weight excluding hydrogens is 290 g/mol. The number of nitrogen functional groups attached to an aromatic ring is 1. The first-order valence-electron chi connectivity index (χ1n) is 7.24. The van der Waals surface area contributed by atoms with E-state index < -0.39 is 5.97 Å². The molecule has 0 unspecified atom stereocenters. The van der Waals surface area contributed by atoms with Crippen molar-refractivity contribution in [2.45, 2.75) is 6.92 Å². The highest BCUT2D eigenvalue weighted by atomic mass is 16.6. The van der Waals surface area contributed by atoms with Crippen molar-refractivity contribution in [3.8, 4) is 11.5 Å². The number of rotatable bonds is 2. The predicted molar refractivity (Wildman–Crippen MR) is 79.4 cm³/mol. The van der Waals surface area contributed by atoms with Gasteiger partial charge in [-0.1, -0.05) is 0 Å². The van der Waals surface area contributed by atoms with Crippen LogP contribution in [0.3, 0.4) is 0 Å². The van der Waals surface area contributed by atoms with E-state index in [2.05, 4.69) is 0 Å². The van der Waals surface area contributed by atoms with Gasteiger partial charge < -0.3 is 29.4 Å². The zero-order valence-electron chi connectivity index (χ0n) is 12.6. The number of carbonyl (C=O) groups is 1. The molecule has 0 aromatic heterocycles. The van der Waals surface area contributed by atoms with Gasteiger partial charge in [0.05, 0.1) is 44.3 Å². The van der Waals surface area contributed by atoms with Crippen molar-refractivity contribution in [3.63, 3.8) is 0 Å². The van der Waals surface area contributed by atoms with Crippen LogP contribution in [0.5, 0.6) is 11.5 Å². The minimum Gasteiger partial charge on any atom is -0.487 e. The number of hydrogen-bond donors (Lipinski definition) is 1. The van der Waals surface area contributed by atoms with Crippen LogP contribution in [-0.4, -0.2) is 52.2 Å². The first kappa shape index (κ1) is 16.4. The van der Waals surface area contributed by atoms with Gasteiger partial charge in [0.1, 0.15) is 13.2 Å². The predicted octanol–water partition coefficient (Wildman–Crippen LogP) is 1.25. The van der Waals surface area contributed by atoms with Gasteiger partial charge in [-0.15, -0.1) is 0 Å². The number of benzene rings is 1. The second-order valence-electron chi connectivity index (χ2n) is 4.53. The molecule has 0 radical (unpaired) electrons. The van der Waals surface area contributed by atoms with Gasteiger partial charge >= 0.3 is 5.97 Å². The summed E-state index contributed by atoms with van der Waals surface area (Å²) in [6.07, 6.45) is 0. The normalized spacial score (nSPS) is 16.2. The van der Waals surface area contributed by atoms with E-state index in [1.54, 1.807) is 13.0 Å². The van der Waals surface area contributed by atoms with Gasteiger partial charge in [0, 0.05) is 12.1 Å².